The molecule has 6 nitrogen and oxygen atoms in total. The molecule has 1 aromatic carbocycles. The summed E-state index contributed by atoms with van der Waals surface area (Å²) in [5, 5.41) is 17.1. The Bertz CT molecular complexity index is 1100. The number of hydrogen-bond acceptors (Lipinski definition) is 4. The van der Waals surface area contributed by atoms with Gasteiger partial charge in [0.05, 0.1) is 28.7 Å². The summed E-state index contributed by atoms with van der Waals surface area (Å²) in [6.07, 6.45) is 3.11. The molecule has 3 aromatic heterocycles. The van der Waals surface area contributed by atoms with Gasteiger partial charge in [-0.25, -0.2) is 4.79 Å². The van der Waals surface area contributed by atoms with Gasteiger partial charge in [-0.05, 0) is 42.8 Å². The van der Waals surface area contributed by atoms with Crippen molar-refractivity contribution in [2.75, 3.05) is 0 Å². The summed E-state index contributed by atoms with van der Waals surface area (Å²) in [6, 6.07) is 13.2. The smallest absolute Gasteiger partial charge is 0.337 e. The molecule has 0 unspecified atom stereocenters. The lowest BCUT2D eigenvalue weighted by molar-refractivity contribution is 0.0696. The summed E-state index contributed by atoms with van der Waals surface area (Å²) in [4.78, 5) is 19.9. The van der Waals surface area contributed by atoms with Gasteiger partial charge in [0.2, 0.25) is 0 Å². The molecule has 4 rings (SSSR count). The Balaban J connectivity index is 1.85. The number of fused-ring (bicyclic) bond motifs is 1. The second kappa shape index (κ2) is 5.83. The Labute approximate surface area is 143 Å². The van der Waals surface area contributed by atoms with Crippen LogP contribution in [0.1, 0.15) is 16.1 Å². The fraction of sp³-hybridized carbons (Fsp3) is 0.0526. The lowest BCUT2D eigenvalue weighted by Crippen LogP contribution is -1.97. The fourth-order valence-corrected chi connectivity index (χ4v) is 2.80. The van der Waals surface area contributed by atoms with Crippen molar-refractivity contribution in [3.63, 3.8) is 0 Å². The maximum Gasteiger partial charge on any atom is 0.337 e. The van der Waals surface area contributed by atoms with Crippen molar-refractivity contribution in [3.8, 4) is 22.5 Å². The van der Waals surface area contributed by atoms with Crippen LogP contribution in [0.2, 0.25) is 0 Å². The highest BCUT2D eigenvalue weighted by Gasteiger charge is 2.12. The van der Waals surface area contributed by atoms with Gasteiger partial charge < -0.3 is 5.11 Å². The molecule has 0 spiro atoms. The highest BCUT2D eigenvalue weighted by molar-refractivity contribution is 5.94. The molecular weight excluding hydrogens is 316 g/mol. The van der Waals surface area contributed by atoms with E-state index in [1.54, 1.807) is 12.3 Å². The first-order chi connectivity index (χ1) is 12.1. The largest absolute Gasteiger partial charge is 0.478 e. The van der Waals surface area contributed by atoms with Crippen LogP contribution in [0.3, 0.4) is 0 Å². The first kappa shape index (κ1) is 15.0. The molecule has 0 aliphatic carbocycles. The monoisotopic (exact) mass is 330 g/mol. The van der Waals surface area contributed by atoms with E-state index in [-0.39, 0.29) is 5.56 Å². The normalized spacial score (nSPS) is 10.9. The molecule has 3 heterocycles. The Morgan fingerprint density at radius 3 is 2.80 bits per heavy atom. The summed E-state index contributed by atoms with van der Waals surface area (Å²) in [5.74, 6) is -0.993. The molecule has 6 heteroatoms. The zero-order valence-electron chi connectivity index (χ0n) is 13.4. The third kappa shape index (κ3) is 2.74. The number of pyridine rings is 2. The summed E-state index contributed by atoms with van der Waals surface area (Å²) in [6.45, 7) is 1.94. The number of nitrogens with one attached hydrogen (secondary N) is 1. The third-order valence-electron chi connectivity index (χ3n) is 4.02. The van der Waals surface area contributed by atoms with Crippen LogP contribution >= 0.6 is 0 Å². The van der Waals surface area contributed by atoms with Crippen LogP contribution in [0, 0.1) is 6.92 Å². The molecule has 0 saturated carbocycles. The zero-order valence-corrected chi connectivity index (χ0v) is 13.4. The Kier molecular flexibility index (Phi) is 3.50. The molecule has 0 radical (unpaired) electrons. The first-order valence-corrected chi connectivity index (χ1v) is 7.73. The van der Waals surface area contributed by atoms with E-state index in [0.717, 1.165) is 39.1 Å². The van der Waals surface area contributed by atoms with Crippen molar-refractivity contribution in [1.82, 2.24) is 20.2 Å². The van der Waals surface area contributed by atoms with Gasteiger partial charge >= 0.3 is 5.97 Å². The van der Waals surface area contributed by atoms with Gasteiger partial charge in [0, 0.05) is 22.8 Å². The molecular formula is C19H14N4O2. The van der Waals surface area contributed by atoms with Crippen molar-refractivity contribution < 1.29 is 9.90 Å². The van der Waals surface area contributed by atoms with Crippen molar-refractivity contribution >= 4 is 16.9 Å². The standard InChI is InChI=1S/C19H14N4O2/c1-11-3-2-4-17(22-11)18-15(10-21-23-18)12-5-6-16-13(7-12)8-14(9-20-16)19(24)25/h2-10H,1H3,(H,21,23)(H,24,25). The van der Waals surface area contributed by atoms with Crippen LogP contribution in [0.5, 0.6) is 0 Å². The lowest BCUT2D eigenvalue weighted by Gasteiger charge is -2.06. The minimum atomic E-state index is -0.993. The number of nitrogens with zero attached hydrogens (tertiary/aromatic N) is 3. The van der Waals surface area contributed by atoms with Crippen LogP contribution in [-0.2, 0) is 0 Å². The van der Waals surface area contributed by atoms with E-state index in [4.69, 9.17) is 5.11 Å². The average Bonchev–Trinajstić information content (AvgIpc) is 3.10. The minimum absolute atomic E-state index is 0.164. The van der Waals surface area contributed by atoms with E-state index in [9.17, 15) is 4.79 Å². The zero-order chi connectivity index (χ0) is 17.4. The van der Waals surface area contributed by atoms with Gasteiger partial charge in [0.25, 0.3) is 0 Å². The fourth-order valence-electron chi connectivity index (χ4n) is 2.80. The number of hydrogen-bond donors (Lipinski definition) is 2. The lowest BCUT2D eigenvalue weighted by atomic mass is 10.0. The second-order valence-electron chi connectivity index (χ2n) is 5.76. The SMILES string of the molecule is Cc1cccc(-c2[nH]ncc2-c2ccc3ncc(C(=O)O)cc3c2)n1. The molecule has 122 valence electrons. The number of carbonyl (C=O) groups is 1. The van der Waals surface area contributed by atoms with Gasteiger partial charge in [0.15, 0.2) is 0 Å². The number of aromatic nitrogens is 4. The maximum atomic E-state index is 11.2. The quantitative estimate of drug-likeness (QED) is 0.597. The molecule has 0 fully saturated rings. The van der Waals surface area contributed by atoms with Crippen LogP contribution in [0.4, 0.5) is 0 Å². The average molecular weight is 330 g/mol. The summed E-state index contributed by atoms with van der Waals surface area (Å²) in [5.41, 5.74) is 5.29. The van der Waals surface area contributed by atoms with E-state index >= 15 is 0 Å². The predicted molar refractivity (Wildman–Crippen MR) is 94.3 cm³/mol. The number of aromatic amines is 1. The number of carboxylic acids is 1. The van der Waals surface area contributed by atoms with Gasteiger partial charge in [0.1, 0.15) is 0 Å². The molecule has 0 atom stereocenters. The van der Waals surface area contributed by atoms with E-state index in [1.165, 1.54) is 6.20 Å². The van der Waals surface area contributed by atoms with Crippen molar-refractivity contribution in [1.29, 1.82) is 0 Å². The van der Waals surface area contributed by atoms with Crippen molar-refractivity contribution in [2.24, 2.45) is 0 Å². The van der Waals surface area contributed by atoms with E-state index in [2.05, 4.69) is 20.2 Å². The Morgan fingerprint density at radius 2 is 2.00 bits per heavy atom. The van der Waals surface area contributed by atoms with E-state index in [1.807, 2.05) is 43.3 Å². The number of carboxylic acid groups (broad SMARTS) is 1. The van der Waals surface area contributed by atoms with E-state index in [0.29, 0.717) is 0 Å². The molecule has 0 amide bonds. The second-order valence-corrected chi connectivity index (χ2v) is 5.76. The number of benzene rings is 1. The molecule has 25 heavy (non-hydrogen) atoms. The summed E-state index contributed by atoms with van der Waals surface area (Å²) in [7, 11) is 0. The third-order valence-corrected chi connectivity index (χ3v) is 4.02. The highest BCUT2D eigenvalue weighted by Crippen LogP contribution is 2.31. The topological polar surface area (TPSA) is 91.8 Å². The Morgan fingerprint density at radius 1 is 1.12 bits per heavy atom. The summed E-state index contributed by atoms with van der Waals surface area (Å²) >= 11 is 0. The number of aromatic carboxylic acids is 1. The number of H-pyrrole nitrogens is 1. The molecule has 2 N–H and O–H groups in total. The van der Waals surface area contributed by atoms with Crippen LogP contribution in [-0.4, -0.2) is 31.2 Å². The van der Waals surface area contributed by atoms with Gasteiger partial charge in [-0.15, -0.1) is 0 Å². The molecule has 0 aliphatic heterocycles. The van der Waals surface area contributed by atoms with Crippen LogP contribution < -0.4 is 0 Å². The molecule has 0 bridgehead atoms. The molecule has 0 saturated heterocycles. The van der Waals surface area contributed by atoms with Crippen LogP contribution in [0.25, 0.3) is 33.4 Å². The predicted octanol–water partition coefficient (Wildman–Crippen LogP) is 3.69. The first-order valence-electron chi connectivity index (χ1n) is 7.73. The molecule has 0 aliphatic rings. The van der Waals surface area contributed by atoms with Gasteiger partial charge in [-0.3, -0.25) is 15.1 Å². The van der Waals surface area contributed by atoms with Gasteiger partial charge in [-0.2, -0.15) is 5.10 Å². The highest BCUT2D eigenvalue weighted by atomic mass is 16.4. The Hall–Kier alpha value is -3.54. The maximum absolute atomic E-state index is 11.2. The van der Waals surface area contributed by atoms with E-state index < -0.39 is 5.97 Å². The minimum Gasteiger partial charge on any atom is -0.478 e. The number of aryl methyl sites for hydroxylation is 1. The van der Waals surface area contributed by atoms with Gasteiger partial charge in [-0.1, -0.05) is 12.1 Å². The number of rotatable bonds is 3. The van der Waals surface area contributed by atoms with Crippen molar-refractivity contribution in [2.45, 2.75) is 6.92 Å². The van der Waals surface area contributed by atoms with Crippen molar-refractivity contribution in [3.05, 3.63) is 66.1 Å². The summed E-state index contributed by atoms with van der Waals surface area (Å²) < 4.78 is 0. The van der Waals surface area contributed by atoms with Crippen LogP contribution in [0.15, 0.2) is 54.9 Å². The molecule has 4 aromatic rings.